The van der Waals surface area contributed by atoms with Crippen LogP contribution in [0.3, 0.4) is 0 Å². The number of carbonyl (C=O) groups is 3. The van der Waals surface area contributed by atoms with Crippen LogP contribution < -0.4 is 0 Å². The van der Waals surface area contributed by atoms with Gasteiger partial charge in [0.1, 0.15) is 13.2 Å². The highest BCUT2D eigenvalue weighted by Crippen LogP contribution is 2.17. The molecule has 0 aliphatic heterocycles. The van der Waals surface area contributed by atoms with E-state index in [0.29, 0.717) is 19.3 Å². The van der Waals surface area contributed by atoms with Gasteiger partial charge in [-0.1, -0.05) is 316 Å². The summed E-state index contributed by atoms with van der Waals surface area (Å²) >= 11 is 0. The zero-order valence-electron chi connectivity index (χ0n) is 54.0. The average Bonchev–Trinajstić information content (AvgIpc) is 3.47. The van der Waals surface area contributed by atoms with Gasteiger partial charge in [-0.3, -0.25) is 14.4 Å². The number of hydrogen-bond donors (Lipinski definition) is 0. The quantitative estimate of drug-likeness (QED) is 0.0261. The molecule has 1 unspecified atom stereocenters. The van der Waals surface area contributed by atoms with Crippen molar-refractivity contribution in [3.05, 3.63) is 109 Å². The molecule has 0 N–H and O–H groups in total. The summed E-state index contributed by atoms with van der Waals surface area (Å²) in [5, 5.41) is 0. The van der Waals surface area contributed by atoms with Crippen LogP contribution in [0.25, 0.3) is 0 Å². The molecular formula is C76H130O6. The lowest BCUT2D eigenvalue weighted by Gasteiger charge is -2.18. The Bertz CT molecular complexity index is 1640. The summed E-state index contributed by atoms with van der Waals surface area (Å²) < 4.78 is 16.8. The van der Waals surface area contributed by atoms with Crippen molar-refractivity contribution in [1.29, 1.82) is 0 Å². The maximum Gasteiger partial charge on any atom is 0.306 e. The maximum atomic E-state index is 12.9. The molecule has 0 spiro atoms. The van der Waals surface area contributed by atoms with E-state index in [-0.39, 0.29) is 31.1 Å². The van der Waals surface area contributed by atoms with E-state index < -0.39 is 6.10 Å². The fraction of sp³-hybridized carbons (Fsp3) is 0.724. The lowest BCUT2D eigenvalue weighted by atomic mass is 10.0. The Kier molecular flexibility index (Phi) is 66.2. The summed E-state index contributed by atoms with van der Waals surface area (Å²) in [6.07, 6.45) is 95.8. The van der Waals surface area contributed by atoms with Crippen LogP contribution in [0.2, 0.25) is 0 Å². The molecular weight excluding hydrogens is 1010 g/mol. The molecule has 0 aromatic heterocycles. The van der Waals surface area contributed by atoms with E-state index in [0.717, 1.165) is 116 Å². The van der Waals surface area contributed by atoms with Gasteiger partial charge < -0.3 is 14.2 Å². The average molecular weight is 1140 g/mol. The molecule has 0 bridgehead atoms. The highest BCUT2D eigenvalue weighted by atomic mass is 16.6. The standard InChI is InChI=1S/C76H130O6/c1-4-7-10-13-16-18-20-22-24-26-28-30-32-34-36-37-38-39-41-42-44-46-48-50-52-54-56-58-60-63-66-69-75(78)81-72-73(71-80-74(77)68-65-62-15-12-9-6-3)82-76(79)70-67-64-61-59-57-55-53-51-49-47-45-43-40-35-33-31-29-27-25-23-21-19-17-14-11-8-5-2/h7,10,16,18,21-24,27-30,34,36,38-39,42,44,73H,4-6,8-9,11-15,17,19-20,25-26,31-33,35,37,40-41,43,45-72H2,1-3H3/b10-7-,18-16-,23-21-,24-22-,29-27-,30-28-,36-34-,39-38-,44-42-. The molecule has 470 valence electrons. The lowest BCUT2D eigenvalue weighted by Crippen LogP contribution is -2.30. The molecule has 0 aromatic rings. The second-order valence-corrected chi connectivity index (χ2v) is 23.1. The lowest BCUT2D eigenvalue weighted by molar-refractivity contribution is -0.167. The summed E-state index contributed by atoms with van der Waals surface area (Å²) in [6, 6.07) is 0. The monoisotopic (exact) mass is 1140 g/mol. The minimum Gasteiger partial charge on any atom is -0.462 e. The van der Waals surface area contributed by atoms with E-state index in [1.165, 1.54) is 180 Å². The normalized spacial score (nSPS) is 12.8. The van der Waals surface area contributed by atoms with E-state index in [4.69, 9.17) is 14.2 Å². The van der Waals surface area contributed by atoms with Gasteiger partial charge in [-0.25, -0.2) is 0 Å². The van der Waals surface area contributed by atoms with Gasteiger partial charge in [0, 0.05) is 19.3 Å². The van der Waals surface area contributed by atoms with E-state index >= 15 is 0 Å². The number of rotatable bonds is 63. The first-order chi connectivity index (χ1) is 40.5. The topological polar surface area (TPSA) is 78.9 Å². The zero-order chi connectivity index (χ0) is 59.2. The molecule has 6 nitrogen and oxygen atoms in total. The van der Waals surface area contributed by atoms with Crippen molar-refractivity contribution < 1.29 is 28.6 Å². The number of carbonyl (C=O) groups excluding carboxylic acids is 3. The summed E-state index contributed by atoms with van der Waals surface area (Å²) in [6.45, 7) is 6.48. The third-order valence-corrected chi connectivity index (χ3v) is 15.0. The number of ether oxygens (including phenoxy) is 3. The summed E-state index contributed by atoms with van der Waals surface area (Å²) in [5.41, 5.74) is 0. The Labute approximate surface area is 508 Å². The third-order valence-electron chi connectivity index (χ3n) is 15.0. The van der Waals surface area contributed by atoms with Gasteiger partial charge >= 0.3 is 17.9 Å². The zero-order valence-corrected chi connectivity index (χ0v) is 54.0. The van der Waals surface area contributed by atoms with Crippen LogP contribution in [0.4, 0.5) is 0 Å². The van der Waals surface area contributed by atoms with Crippen LogP contribution in [-0.4, -0.2) is 37.2 Å². The highest BCUT2D eigenvalue weighted by Gasteiger charge is 2.19. The van der Waals surface area contributed by atoms with Crippen molar-refractivity contribution in [2.24, 2.45) is 0 Å². The molecule has 1 atom stereocenters. The first-order valence-electron chi connectivity index (χ1n) is 34.9. The number of hydrogen-bond acceptors (Lipinski definition) is 6. The van der Waals surface area contributed by atoms with Crippen molar-refractivity contribution in [2.45, 2.75) is 341 Å². The molecule has 0 saturated heterocycles. The predicted molar refractivity (Wildman–Crippen MR) is 357 cm³/mol. The van der Waals surface area contributed by atoms with Crippen LogP contribution in [0.5, 0.6) is 0 Å². The molecule has 0 amide bonds. The molecule has 0 aromatic carbocycles. The molecule has 0 heterocycles. The summed E-state index contributed by atoms with van der Waals surface area (Å²) in [7, 11) is 0. The van der Waals surface area contributed by atoms with E-state index in [2.05, 4.69) is 130 Å². The second-order valence-electron chi connectivity index (χ2n) is 23.1. The molecule has 6 heteroatoms. The Balaban J connectivity index is 4.07. The van der Waals surface area contributed by atoms with Crippen molar-refractivity contribution in [2.75, 3.05) is 13.2 Å². The molecule has 0 aliphatic carbocycles. The van der Waals surface area contributed by atoms with E-state index in [1.54, 1.807) is 0 Å². The molecule has 0 radical (unpaired) electrons. The first-order valence-corrected chi connectivity index (χ1v) is 34.9. The maximum absolute atomic E-state index is 12.9. The van der Waals surface area contributed by atoms with Gasteiger partial charge in [0.15, 0.2) is 6.10 Å². The van der Waals surface area contributed by atoms with Gasteiger partial charge in [0.25, 0.3) is 0 Å². The predicted octanol–water partition coefficient (Wildman–Crippen LogP) is 24.2. The van der Waals surface area contributed by atoms with Crippen LogP contribution in [0.1, 0.15) is 335 Å². The molecule has 0 fully saturated rings. The highest BCUT2D eigenvalue weighted by molar-refractivity contribution is 5.71. The van der Waals surface area contributed by atoms with Gasteiger partial charge in [-0.15, -0.1) is 0 Å². The smallest absolute Gasteiger partial charge is 0.306 e. The largest absolute Gasteiger partial charge is 0.462 e. The number of esters is 3. The Morgan fingerprint density at radius 1 is 0.256 bits per heavy atom. The second kappa shape index (κ2) is 69.6. The van der Waals surface area contributed by atoms with Gasteiger partial charge in [-0.2, -0.15) is 0 Å². The number of unbranched alkanes of at least 4 members (excludes halogenated alkanes) is 34. The Morgan fingerprint density at radius 3 is 0.744 bits per heavy atom. The Hall–Kier alpha value is -3.93. The molecule has 0 saturated carbocycles. The third kappa shape index (κ3) is 66.9. The molecule has 0 aliphatic rings. The fourth-order valence-electron chi connectivity index (χ4n) is 9.81. The van der Waals surface area contributed by atoms with Crippen molar-refractivity contribution in [3.8, 4) is 0 Å². The Morgan fingerprint density at radius 2 is 0.476 bits per heavy atom. The van der Waals surface area contributed by atoms with E-state index in [1.807, 2.05) is 0 Å². The van der Waals surface area contributed by atoms with Crippen LogP contribution >= 0.6 is 0 Å². The van der Waals surface area contributed by atoms with Crippen molar-refractivity contribution in [1.82, 2.24) is 0 Å². The van der Waals surface area contributed by atoms with Crippen LogP contribution in [-0.2, 0) is 28.6 Å². The SMILES string of the molecule is CC/C=C\C/C=C\C/C=C\C/C=C\C/C=C\C/C=C\C/C=C\CCCCCCCCCCCC(=O)OCC(COC(=O)CCCCCCCC)OC(=O)CCCCCCCCCCCCCCCCC/C=C\C/C=C\CCCCCCC. The van der Waals surface area contributed by atoms with Gasteiger partial charge in [-0.05, 0) is 109 Å². The van der Waals surface area contributed by atoms with Crippen molar-refractivity contribution in [3.63, 3.8) is 0 Å². The summed E-state index contributed by atoms with van der Waals surface area (Å²) in [4.78, 5) is 38.1. The van der Waals surface area contributed by atoms with Gasteiger partial charge in [0.2, 0.25) is 0 Å². The molecule has 82 heavy (non-hydrogen) atoms. The van der Waals surface area contributed by atoms with Crippen LogP contribution in [0, 0.1) is 0 Å². The van der Waals surface area contributed by atoms with Gasteiger partial charge in [0.05, 0.1) is 0 Å². The van der Waals surface area contributed by atoms with Crippen molar-refractivity contribution >= 4 is 17.9 Å². The molecule has 0 rings (SSSR count). The van der Waals surface area contributed by atoms with Crippen LogP contribution in [0.15, 0.2) is 109 Å². The minimum absolute atomic E-state index is 0.0779. The first kappa shape index (κ1) is 78.1. The fourth-order valence-corrected chi connectivity index (χ4v) is 9.81. The van der Waals surface area contributed by atoms with E-state index in [9.17, 15) is 14.4 Å². The minimum atomic E-state index is -0.779. The number of allylic oxidation sites excluding steroid dienone is 18. The summed E-state index contributed by atoms with van der Waals surface area (Å²) in [5.74, 6) is -0.883.